The van der Waals surface area contributed by atoms with Crippen LogP contribution in [0.3, 0.4) is 0 Å². The zero-order chi connectivity index (χ0) is 25.9. The van der Waals surface area contributed by atoms with Gasteiger partial charge in [-0.3, -0.25) is 4.79 Å². The minimum atomic E-state index is -4.54. The largest absolute Gasteiger partial charge is 0.438 e. The van der Waals surface area contributed by atoms with Gasteiger partial charge in [-0.15, -0.1) is 0 Å². The van der Waals surface area contributed by atoms with Crippen molar-refractivity contribution in [1.29, 1.82) is 0 Å². The molecule has 0 atom stereocenters. The third-order valence-electron chi connectivity index (χ3n) is 5.21. The van der Waals surface area contributed by atoms with E-state index in [-0.39, 0.29) is 11.4 Å². The lowest BCUT2D eigenvalue weighted by Gasteiger charge is -2.14. The fourth-order valence-electron chi connectivity index (χ4n) is 3.40. The van der Waals surface area contributed by atoms with Crippen LogP contribution in [0.5, 0.6) is 11.6 Å². The summed E-state index contributed by atoms with van der Waals surface area (Å²) in [6.45, 7) is 3.72. The molecule has 4 aromatic rings. The molecule has 2 aromatic heterocycles. The van der Waals surface area contributed by atoms with Gasteiger partial charge in [0.2, 0.25) is 5.88 Å². The van der Waals surface area contributed by atoms with Gasteiger partial charge in [0.15, 0.2) is 0 Å². The third kappa shape index (κ3) is 5.80. The van der Waals surface area contributed by atoms with E-state index in [2.05, 4.69) is 20.3 Å². The second-order valence-electron chi connectivity index (χ2n) is 7.83. The van der Waals surface area contributed by atoms with Crippen LogP contribution in [-0.2, 0) is 12.6 Å². The summed E-state index contributed by atoms with van der Waals surface area (Å²) >= 11 is 6.17. The van der Waals surface area contributed by atoms with Crippen molar-refractivity contribution in [3.63, 3.8) is 0 Å². The molecule has 6 nitrogen and oxygen atoms in total. The van der Waals surface area contributed by atoms with Crippen LogP contribution in [0.4, 0.5) is 18.9 Å². The molecule has 4 rings (SSSR count). The van der Waals surface area contributed by atoms with E-state index in [1.807, 2.05) is 6.92 Å². The van der Waals surface area contributed by atoms with Crippen molar-refractivity contribution in [2.75, 3.05) is 5.32 Å². The molecule has 1 amide bonds. The van der Waals surface area contributed by atoms with Crippen LogP contribution < -0.4 is 10.1 Å². The minimum absolute atomic E-state index is 0.103. The van der Waals surface area contributed by atoms with Crippen LogP contribution in [0.25, 0.3) is 11.3 Å². The monoisotopic (exact) mass is 512 g/mol. The quantitative estimate of drug-likeness (QED) is 0.297. The Hall–Kier alpha value is -3.98. The molecule has 0 spiro atoms. The molecule has 184 valence electrons. The molecular weight excluding hydrogens is 493 g/mol. The average molecular weight is 513 g/mol. The standard InChI is InChI=1S/C26H20ClF3N4O2/c1-3-23-31-10-9-21(34-23)20-13-18(27)14-32-25(20)36-22-8-7-19(11-15(22)2)33-24(35)16-5-4-6-17(12-16)26(28,29)30/h4-14H,3H2,1-2H3,(H,33,35). The van der Waals surface area contributed by atoms with Crippen molar-refractivity contribution in [2.45, 2.75) is 26.4 Å². The van der Waals surface area contributed by atoms with Crippen LogP contribution in [0.1, 0.15) is 34.2 Å². The predicted octanol–water partition coefficient (Wildman–Crippen LogP) is 7.13. The summed E-state index contributed by atoms with van der Waals surface area (Å²) < 4.78 is 45.0. The molecule has 0 aliphatic carbocycles. The highest BCUT2D eigenvalue weighted by Gasteiger charge is 2.30. The van der Waals surface area contributed by atoms with Crippen LogP contribution in [-0.4, -0.2) is 20.9 Å². The molecule has 10 heteroatoms. The van der Waals surface area contributed by atoms with Gasteiger partial charge in [-0.2, -0.15) is 13.2 Å². The molecule has 0 aliphatic rings. The van der Waals surface area contributed by atoms with Gasteiger partial charge >= 0.3 is 6.18 Å². The number of nitrogens with one attached hydrogen (secondary N) is 1. The van der Waals surface area contributed by atoms with Gasteiger partial charge in [-0.05, 0) is 61.0 Å². The number of anilines is 1. The number of halogens is 4. The van der Waals surface area contributed by atoms with Crippen molar-refractivity contribution < 1.29 is 22.7 Å². The molecule has 2 heterocycles. The number of ether oxygens (including phenoxy) is 1. The Morgan fingerprint density at radius 2 is 1.89 bits per heavy atom. The molecule has 2 aromatic carbocycles. The molecule has 0 unspecified atom stereocenters. The Kier molecular flexibility index (Phi) is 7.21. The molecule has 36 heavy (non-hydrogen) atoms. The van der Waals surface area contributed by atoms with E-state index in [1.54, 1.807) is 43.5 Å². The smallest absolute Gasteiger partial charge is 0.416 e. The maximum absolute atomic E-state index is 13.0. The molecule has 0 saturated heterocycles. The highest BCUT2D eigenvalue weighted by Crippen LogP contribution is 2.34. The maximum Gasteiger partial charge on any atom is 0.416 e. The van der Waals surface area contributed by atoms with Crippen LogP contribution in [0, 0.1) is 6.92 Å². The van der Waals surface area contributed by atoms with E-state index in [0.717, 1.165) is 12.1 Å². The molecule has 0 aliphatic heterocycles. The Balaban J connectivity index is 1.56. The van der Waals surface area contributed by atoms with Gasteiger partial charge in [-0.1, -0.05) is 24.6 Å². The number of nitrogens with zero attached hydrogens (tertiary/aromatic N) is 3. The van der Waals surface area contributed by atoms with Crippen molar-refractivity contribution in [2.24, 2.45) is 0 Å². The Morgan fingerprint density at radius 3 is 2.61 bits per heavy atom. The summed E-state index contributed by atoms with van der Waals surface area (Å²) in [5, 5.41) is 3.03. The molecule has 0 bridgehead atoms. The number of pyridine rings is 1. The molecular formula is C26H20ClF3N4O2. The number of aromatic nitrogens is 3. The highest BCUT2D eigenvalue weighted by atomic mass is 35.5. The van der Waals surface area contributed by atoms with Crippen LogP contribution >= 0.6 is 11.6 Å². The average Bonchev–Trinajstić information content (AvgIpc) is 2.86. The number of carbonyl (C=O) groups is 1. The summed E-state index contributed by atoms with van der Waals surface area (Å²) in [6, 6.07) is 12.5. The van der Waals surface area contributed by atoms with Gasteiger partial charge in [0.05, 0.1) is 21.8 Å². The predicted molar refractivity (Wildman–Crippen MR) is 130 cm³/mol. The minimum Gasteiger partial charge on any atom is -0.438 e. The first-order chi connectivity index (χ1) is 17.1. The number of hydrogen-bond donors (Lipinski definition) is 1. The number of aryl methyl sites for hydroxylation is 2. The Bertz CT molecular complexity index is 1430. The van der Waals surface area contributed by atoms with Gasteiger partial charge in [-0.25, -0.2) is 15.0 Å². The third-order valence-corrected chi connectivity index (χ3v) is 5.41. The zero-order valence-corrected chi connectivity index (χ0v) is 20.0. The maximum atomic E-state index is 13.0. The molecule has 1 N–H and O–H groups in total. The number of alkyl halides is 3. The summed E-state index contributed by atoms with van der Waals surface area (Å²) in [4.78, 5) is 25.6. The Morgan fingerprint density at radius 1 is 1.08 bits per heavy atom. The fourth-order valence-corrected chi connectivity index (χ4v) is 3.55. The number of benzene rings is 2. The van der Waals surface area contributed by atoms with E-state index in [1.165, 1.54) is 18.3 Å². The number of carbonyl (C=O) groups excluding carboxylic acids is 1. The molecule has 0 saturated carbocycles. The number of amides is 1. The van der Waals surface area contributed by atoms with Crippen molar-refractivity contribution in [3.8, 4) is 22.9 Å². The SMILES string of the molecule is CCc1nccc(-c2cc(Cl)cnc2Oc2ccc(NC(=O)c3cccc(C(F)(F)F)c3)cc2C)n1. The van der Waals surface area contributed by atoms with Gasteiger partial charge < -0.3 is 10.1 Å². The van der Waals surface area contributed by atoms with E-state index in [9.17, 15) is 18.0 Å². The normalized spacial score (nSPS) is 11.3. The van der Waals surface area contributed by atoms with Crippen molar-refractivity contribution >= 4 is 23.2 Å². The summed E-state index contributed by atoms with van der Waals surface area (Å²) in [5.74, 6) is 0.749. The lowest BCUT2D eigenvalue weighted by Crippen LogP contribution is -2.14. The first-order valence-electron chi connectivity index (χ1n) is 10.9. The van der Waals surface area contributed by atoms with Gasteiger partial charge in [0, 0.05) is 30.1 Å². The topological polar surface area (TPSA) is 77.0 Å². The number of rotatable bonds is 6. The lowest BCUT2D eigenvalue weighted by molar-refractivity contribution is -0.137. The van der Waals surface area contributed by atoms with Gasteiger partial charge in [0.1, 0.15) is 11.6 Å². The summed E-state index contributed by atoms with van der Waals surface area (Å²) in [5.41, 5.74) is 1.26. The lowest BCUT2D eigenvalue weighted by atomic mass is 10.1. The second-order valence-corrected chi connectivity index (χ2v) is 8.27. The summed E-state index contributed by atoms with van der Waals surface area (Å²) in [6.07, 6.45) is -0.768. The van der Waals surface area contributed by atoms with Crippen molar-refractivity contribution in [3.05, 3.63) is 94.5 Å². The van der Waals surface area contributed by atoms with E-state index < -0.39 is 17.6 Å². The Labute approximate surface area is 210 Å². The van der Waals surface area contributed by atoms with Crippen molar-refractivity contribution in [1.82, 2.24) is 15.0 Å². The van der Waals surface area contributed by atoms with Gasteiger partial charge in [0.25, 0.3) is 5.91 Å². The second kappa shape index (κ2) is 10.3. The number of hydrogen-bond acceptors (Lipinski definition) is 5. The van der Waals surface area contributed by atoms with E-state index in [0.29, 0.717) is 45.5 Å². The molecule has 0 fully saturated rings. The van der Waals surface area contributed by atoms with Crippen LogP contribution in [0.15, 0.2) is 67.0 Å². The van der Waals surface area contributed by atoms with Crippen LogP contribution in [0.2, 0.25) is 5.02 Å². The van der Waals surface area contributed by atoms with E-state index >= 15 is 0 Å². The fraction of sp³-hybridized carbons (Fsp3) is 0.154. The summed E-state index contributed by atoms with van der Waals surface area (Å²) in [7, 11) is 0. The van der Waals surface area contributed by atoms with E-state index in [4.69, 9.17) is 16.3 Å². The first-order valence-corrected chi connectivity index (χ1v) is 11.3. The first kappa shape index (κ1) is 25.1. The highest BCUT2D eigenvalue weighted by molar-refractivity contribution is 6.30. The zero-order valence-electron chi connectivity index (χ0n) is 19.2. The molecule has 0 radical (unpaired) electrons.